The molecule has 0 bridgehead atoms. The molecule has 0 radical (unpaired) electrons. The molecule has 0 saturated carbocycles. The topological polar surface area (TPSA) is 80.4 Å². The summed E-state index contributed by atoms with van der Waals surface area (Å²) in [4.78, 5) is 25.7. The number of rotatable bonds is 5. The fourth-order valence-corrected chi connectivity index (χ4v) is 2.87. The molecule has 6 heteroatoms. The summed E-state index contributed by atoms with van der Waals surface area (Å²) in [6.07, 6.45) is 4.58. The van der Waals surface area contributed by atoms with E-state index in [1.54, 1.807) is 23.9 Å². The Labute approximate surface area is 124 Å². The molecule has 1 amide bonds. The Bertz CT molecular complexity index is 541. The van der Waals surface area contributed by atoms with Crippen LogP contribution in [0, 0.1) is 5.92 Å². The number of nitrogens with one attached hydrogen (secondary N) is 1. The zero-order chi connectivity index (χ0) is 15.2. The summed E-state index contributed by atoms with van der Waals surface area (Å²) >= 11 is 0. The van der Waals surface area contributed by atoms with Gasteiger partial charge in [0.1, 0.15) is 0 Å². The lowest BCUT2D eigenvalue weighted by Gasteiger charge is -2.31. The number of likely N-dealkylation sites (tertiary alicyclic amines) is 1. The fraction of sp³-hybridized carbons (Fsp3) is 0.600. The molecule has 1 unspecified atom stereocenters. The third-order valence-electron chi connectivity index (χ3n) is 4.00. The van der Waals surface area contributed by atoms with E-state index < -0.39 is 0 Å². The van der Waals surface area contributed by atoms with Crippen LogP contribution in [0.3, 0.4) is 0 Å². The van der Waals surface area contributed by atoms with E-state index in [0.717, 1.165) is 38.9 Å². The molecule has 0 spiro atoms. The van der Waals surface area contributed by atoms with Gasteiger partial charge in [-0.1, -0.05) is 0 Å². The molecular weight excluding hydrogens is 268 g/mol. The Morgan fingerprint density at radius 3 is 3.00 bits per heavy atom. The molecule has 0 aliphatic carbocycles. The van der Waals surface area contributed by atoms with Crippen molar-refractivity contribution in [3.8, 4) is 0 Å². The maximum atomic E-state index is 11.7. The average Bonchev–Trinajstić information content (AvgIpc) is 2.50. The summed E-state index contributed by atoms with van der Waals surface area (Å²) in [6, 6.07) is 3.12. The molecule has 1 fully saturated rings. The molecule has 2 rings (SSSR count). The fourth-order valence-electron chi connectivity index (χ4n) is 2.87. The zero-order valence-corrected chi connectivity index (χ0v) is 12.5. The Morgan fingerprint density at radius 2 is 2.24 bits per heavy atom. The van der Waals surface area contributed by atoms with E-state index in [-0.39, 0.29) is 17.4 Å². The van der Waals surface area contributed by atoms with Crippen molar-refractivity contribution in [3.63, 3.8) is 0 Å². The molecule has 1 aromatic rings. The number of amides is 1. The quantitative estimate of drug-likeness (QED) is 0.817. The third-order valence-corrected chi connectivity index (χ3v) is 4.00. The number of hydrogen-bond acceptors (Lipinski definition) is 4. The predicted octanol–water partition coefficient (Wildman–Crippen LogP) is 0.279. The number of nitrogens with two attached hydrogens (primary N) is 1. The number of pyridine rings is 1. The van der Waals surface area contributed by atoms with Crippen molar-refractivity contribution in [2.24, 2.45) is 5.92 Å². The first-order chi connectivity index (χ1) is 10.1. The van der Waals surface area contributed by atoms with Crippen LogP contribution in [0.2, 0.25) is 0 Å². The molecular formula is C15H24N4O2. The number of nitrogen functional groups attached to an aromatic ring is 1. The summed E-state index contributed by atoms with van der Waals surface area (Å²) < 4.78 is 1.65. The highest BCUT2D eigenvalue weighted by molar-refractivity contribution is 5.78. The van der Waals surface area contributed by atoms with E-state index >= 15 is 0 Å². The molecule has 2 heterocycles. The number of hydrogen-bond donors (Lipinski definition) is 2. The van der Waals surface area contributed by atoms with E-state index in [1.165, 1.54) is 6.07 Å². The first kappa shape index (κ1) is 15.6. The molecule has 1 aliphatic rings. The summed E-state index contributed by atoms with van der Waals surface area (Å²) in [5.41, 5.74) is 6.28. The second-order valence-corrected chi connectivity index (χ2v) is 5.60. The van der Waals surface area contributed by atoms with Gasteiger partial charge in [0.2, 0.25) is 5.91 Å². The number of nitrogens with zero attached hydrogens (tertiary/aromatic N) is 2. The van der Waals surface area contributed by atoms with Crippen LogP contribution in [-0.2, 0) is 11.3 Å². The van der Waals surface area contributed by atoms with Gasteiger partial charge < -0.3 is 20.5 Å². The first-order valence-electron chi connectivity index (χ1n) is 7.50. The molecule has 3 N–H and O–H groups in total. The van der Waals surface area contributed by atoms with Gasteiger partial charge in [-0.2, -0.15) is 0 Å². The van der Waals surface area contributed by atoms with Crippen LogP contribution in [-0.4, -0.2) is 42.1 Å². The van der Waals surface area contributed by atoms with Crippen LogP contribution >= 0.6 is 0 Å². The van der Waals surface area contributed by atoms with Crippen molar-refractivity contribution in [2.75, 3.05) is 32.4 Å². The second kappa shape index (κ2) is 7.26. The largest absolute Gasteiger partial charge is 0.398 e. The Morgan fingerprint density at radius 1 is 1.43 bits per heavy atom. The summed E-state index contributed by atoms with van der Waals surface area (Å²) in [7, 11) is 1.69. The Balaban J connectivity index is 1.81. The van der Waals surface area contributed by atoms with Crippen molar-refractivity contribution < 1.29 is 4.79 Å². The Hall–Kier alpha value is -1.82. The van der Waals surface area contributed by atoms with Gasteiger partial charge in [0.05, 0.1) is 5.92 Å². The van der Waals surface area contributed by atoms with Crippen molar-refractivity contribution in [2.45, 2.75) is 25.8 Å². The second-order valence-electron chi connectivity index (χ2n) is 5.60. The van der Waals surface area contributed by atoms with Gasteiger partial charge in [0, 0.05) is 38.1 Å². The zero-order valence-electron chi connectivity index (χ0n) is 12.5. The average molecular weight is 292 g/mol. The van der Waals surface area contributed by atoms with Crippen LogP contribution in [0.15, 0.2) is 23.1 Å². The van der Waals surface area contributed by atoms with Crippen molar-refractivity contribution in [1.29, 1.82) is 0 Å². The molecule has 21 heavy (non-hydrogen) atoms. The lowest BCUT2D eigenvalue weighted by atomic mass is 9.97. The van der Waals surface area contributed by atoms with Gasteiger partial charge in [0.15, 0.2) is 0 Å². The van der Waals surface area contributed by atoms with Gasteiger partial charge in [-0.25, -0.2) is 0 Å². The number of anilines is 1. The van der Waals surface area contributed by atoms with E-state index in [1.807, 2.05) is 0 Å². The number of piperidine rings is 1. The van der Waals surface area contributed by atoms with Crippen molar-refractivity contribution in [1.82, 2.24) is 14.8 Å². The number of carbonyl (C=O) groups excluding carboxylic acids is 1. The third kappa shape index (κ3) is 4.32. The van der Waals surface area contributed by atoms with Crippen LogP contribution in [0.4, 0.5) is 5.69 Å². The minimum absolute atomic E-state index is 0.0221. The van der Waals surface area contributed by atoms with Crippen molar-refractivity contribution in [3.05, 3.63) is 28.7 Å². The number of aromatic nitrogens is 1. The van der Waals surface area contributed by atoms with E-state index in [4.69, 9.17) is 5.73 Å². The molecule has 0 aromatic carbocycles. The van der Waals surface area contributed by atoms with Gasteiger partial charge in [-0.05, 0) is 38.4 Å². The first-order valence-corrected chi connectivity index (χ1v) is 7.50. The standard InChI is InChI=1S/C15H24N4O2/c1-17-15(21)12-4-2-7-18(10-12)8-3-9-19-11-13(16)5-6-14(19)20/h5-6,11-12H,2-4,7-10,16H2,1H3,(H,17,21). The smallest absolute Gasteiger partial charge is 0.250 e. The van der Waals surface area contributed by atoms with Gasteiger partial charge in [0.25, 0.3) is 5.56 Å². The normalized spacial score (nSPS) is 19.4. The SMILES string of the molecule is CNC(=O)C1CCCN(CCCn2cc(N)ccc2=O)C1. The van der Waals surface area contributed by atoms with Crippen LogP contribution < -0.4 is 16.6 Å². The molecule has 116 valence electrons. The highest BCUT2D eigenvalue weighted by Gasteiger charge is 2.24. The summed E-state index contributed by atoms with van der Waals surface area (Å²) in [5, 5.41) is 2.73. The van der Waals surface area contributed by atoms with E-state index in [9.17, 15) is 9.59 Å². The lowest BCUT2D eigenvalue weighted by molar-refractivity contribution is -0.126. The number of aryl methyl sites for hydroxylation is 1. The maximum absolute atomic E-state index is 11.7. The molecule has 1 atom stereocenters. The molecule has 1 aromatic heterocycles. The monoisotopic (exact) mass is 292 g/mol. The molecule has 1 aliphatic heterocycles. The minimum Gasteiger partial charge on any atom is -0.398 e. The van der Waals surface area contributed by atoms with Gasteiger partial charge >= 0.3 is 0 Å². The van der Waals surface area contributed by atoms with E-state index in [2.05, 4.69) is 10.2 Å². The number of carbonyl (C=O) groups is 1. The molecule has 6 nitrogen and oxygen atoms in total. The predicted molar refractivity (Wildman–Crippen MR) is 83.0 cm³/mol. The maximum Gasteiger partial charge on any atom is 0.250 e. The molecule has 1 saturated heterocycles. The van der Waals surface area contributed by atoms with Gasteiger partial charge in [-0.15, -0.1) is 0 Å². The highest BCUT2D eigenvalue weighted by atomic mass is 16.1. The van der Waals surface area contributed by atoms with Crippen molar-refractivity contribution >= 4 is 11.6 Å². The lowest BCUT2D eigenvalue weighted by Crippen LogP contribution is -2.42. The van der Waals surface area contributed by atoms with Crippen LogP contribution in [0.25, 0.3) is 0 Å². The van der Waals surface area contributed by atoms with E-state index in [0.29, 0.717) is 12.2 Å². The van der Waals surface area contributed by atoms with Crippen LogP contribution in [0.5, 0.6) is 0 Å². The van der Waals surface area contributed by atoms with Crippen LogP contribution in [0.1, 0.15) is 19.3 Å². The highest BCUT2D eigenvalue weighted by Crippen LogP contribution is 2.16. The Kier molecular flexibility index (Phi) is 5.38. The summed E-state index contributed by atoms with van der Waals surface area (Å²) in [6.45, 7) is 3.39. The van der Waals surface area contributed by atoms with Gasteiger partial charge in [-0.3, -0.25) is 9.59 Å². The minimum atomic E-state index is -0.0221. The summed E-state index contributed by atoms with van der Waals surface area (Å²) in [5.74, 6) is 0.227.